The quantitative estimate of drug-likeness (QED) is 0.871. The summed E-state index contributed by atoms with van der Waals surface area (Å²) >= 11 is 0. The Morgan fingerprint density at radius 2 is 1.83 bits per heavy atom. The van der Waals surface area contributed by atoms with Crippen molar-refractivity contribution in [1.82, 2.24) is 5.32 Å². The minimum atomic E-state index is 0.367. The molecular weight excluding hydrogens is 222 g/mol. The van der Waals surface area contributed by atoms with E-state index in [0.29, 0.717) is 6.10 Å². The Morgan fingerprint density at radius 3 is 2.67 bits per heavy atom. The number of piperidine rings is 1. The van der Waals surface area contributed by atoms with Gasteiger partial charge in [0.25, 0.3) is 0 Å². The number of fused-ring (bicyclic) bond motifs is 1. The van der Waals surface area contributed by atoms with E-state index in [1.54, 1.807) is 0 Å². The van der Waals surface area contributed by atoms with Crippen molar-refractivity contribution in [3.05, 3.63) is 42.0 Å². The third kappa shape index (κ3) is 2.21. The number of benzene rings is 2. The first-order valence-electron chi connectivity index (χ1n) is 6.70. The first-order valence-corrected chi connectivity index (χ1v) is 6.70. The maximum absolute atomic E-state index is 6.15. The summed E-state index contributed by atoms with van der Waals surface area (Å²) in [6.45, 7) is 4.29. The van der Waals surface area contributed by atoms with E-state index in [9.17, 15) is 0 Å². The van der Waals surface area contributed by atoms with Crippen molar-refractivity contribution in [3.8, 4) is 5.75 Å². The molecule has 0 aromatic heterocycles. The lowest BCUT2D eigenvalue weighted by Crippen LogP contribution is -2.34. The van der Waals surface area contributed by atoms with E-state index in [1.165, 1.54) is 16.3 Å². The molecule has 1 heterocycles. The van der Waals surface area contributed by atoms with Gasteiger partial charge in [-0.15, -0.1) is 0 Å². The Morgan fingerprint density at radius 1 is 1.06 bits per heavy atom. The number of ether oxygens (including phenoxy) is 1. The van der Waals surface area contributed by atoms with Gasteiger partial charge in [-0.25, -0.2) is 0 Å². The van der Waals surface area contributed by atoms with Gasteiger partial charge in [-0.05, 0) is 55.3 Å². The molecule has 1 fully saturated rings. The van der Waals surface area contributed by atoms with Crippen LogP contribution in [0, 0.1) is 6.92 Å². The molecule has 1 aliphatic rings. The molecule has 0 unspecified atom stereocenters. The number of rotatable bonds is 2. The zero-order chi connectivity index (χ0) is 12.4. The van der Waals surface area contributed by atoms with Gasteiger partial charge in [0.15, 0.2) is 0 Å². The molecule has 0 amide bonds. The fourth-order valence-corrected chi connectivity index (χ4v) is 2.63. The first kappa shape index (κ1) is 11.5. The van der Waals surface area contributed by atoms with Crippen molar-refractivity contribution in [2.75, 3.05) is 13.1 Å². The van der Waals surface area contributed by atoms with Gasteiger partial charge in [0.1, 0.15) is 11.9 Å². The van der Waals surface area contributed by atoms with Crippen LogP contribution in [0.3, 0.4) is 0 Å². The van der Waals surface area contributed by atoms with E-state index >= 15 is 0 Å². The summed E-state index contributed by atoms with van der Waals surface area (Å²) < 4.78 is 6.15. The van der Waals surface area contributed by atoms with E-state index in [1.807, 2.05) is 0 Å². The summed E-state index contributed by atoms with van der Waals surface area (Å²) in [6.07, 6.45) is 2.57. The molecule has 18 heavy (non-hydrogen) atoms. The molecule has 0 radical (unpaired) electrons. The maximum Gasteiger partial charge on any atom is 0.123 e. The summed E-state index contributed by atoms with van der Waals surface area (Å²) in [5.74, 6) is 1.04. The molecule has 2 nitrogen and oxygen atoms in total. The molecule has 0 bridgehead atoms. The predicted molar refractivity (Wildman–Crippen MR) is 75.2 cm³/mol. The first-order chi connectivity index (χ1) is 8.84. The highest BCUT2D eigenvalue weighted by Crippen LogP contribution is 2.28. The van der Waals surface area contributed by atoms with Crippen LogP contribution in [0.5, 0.6) is 5.75 Å². The highest BCUT2D eigenvalue weighted by atomic mass is 16.5. The molecule has 0 atom stereocenters. The molecule has 1 saturated heterocycles. The van der Waals surface area contributed by atoms with Gasteiger partial charge in [-0.3, -0.25) is 0 Å². The summed E-state index contributed by atoms with van der Waals surface area (Å²) in [7, 11) is 0. The Labute approximate surface area is 108 Å². The van der Waals surface area contributed by atoms with E-state index < -0.39 is 0 Å². The second-order valence-electron chi connectivity index (χ2n) is 4.98. The van der Waals surface area contributed by atoms with Crippen LogP contribution in [0.25, 0.3) is 10.8 Å². The van der Waals surface area contributed by atoms with Gasteiger partial charge in [-0.2, -0.15) is 0 Å². The molecule has 1 N–H and O–H groups in total. The Bertz CT molecular complexity index is 544. The molecule has 2 aromatic rings. The van der Waals surface area contributed by atoms with Gasteiger partial charge < -0.3 is 10.1 Å². The molecule has 2 heteroatoms. The summed E-state index contributed by atoms with van der Waals surface area (Å²) in [6, 6.07) is 12.7. The van der Waals surface area contributed by atoms with E-state index in [0.717, 1.165) is 31.7 Å². The van der Waals surface area contributed by atoms with Crippen LogP contribution < -0.4 is 10.1 Å². The van der Waals surface area contributed by atoms with Crippen molar-refractivity contribution < 1.29 is 4.74 Å². The van der Waals surface area contributed by atoms with Crippen molar-refractivity contribution in [3.63, 3.8) is 0 Å². The summed E-state index contributed by atoms with van der Waals surface area (Å²) in [5, 5.41) is 5.94. The van der Waals surface area contributed by atoms with Gasteiger partial charge in [0, 0.05) is 0 Å². The van der Waals surface area contributed by atoms with Crippen LogP contribution in [0.4, 0.5) is 0 Å². The third-order valence-corrected chi connectivity index (χ3v) is 3.73. The third-order valence-electron chi connectivity index (χ3n) is 3.73. The minimum Gasteiger partial charge on any atom is -0.490 e. The smallest absolute Gasteiger partial charge is 0.123 e. The Balaban J connectivity index is 1.89. The van der Waals surface area contributed by atoms with Gasteiger partial charge >= 0.3 is 0 Å². The molecule has 0 aliphatic carbocycles. The predicted octanol–water partition coefficient (Wildman–Crippen LogP) is 3.28. The number of hydrogen-bond acceptors (Lipinski definition) is 2. The lowest BCUT2D eigenvalue weighted by Gasteiger charge is -2.25. The Hall–Kier alpha value is -1.54. The zero-order valence-corrected chi connectivity index (χ0v) is 10.8. The fraction of sp³-hybridized carbons (Fsp3) is 0.375. The largest absolute Gasteiger partial charge is 0.490 e. The highest BCUT2D eigenvalue weighted by molar-refractivity contribution is 5.87. The van der Waals surface area contributed by atoms with Gasteiger partial charge in [-0.1, -0.05) is 30.3 Å². The van der Waals surface area contributed by atoms with Crippen molar-refractivity contribution in [1.29, 1.82) is 0 Å². The normalized spacial score (nSPS) is 16.9. The number of hydrogen-bond donors (Lipinski definition) is 1. The molecular formula is C16H19NO. The lowest BCUT2D eigenvalue weighted by atomic mass is 10.0. The monoisotopic (exact) mass is 241 g/mol. The van der Waals surface area contributed by atoms with Crippen LogP contribution in [-0.2, 0) is 0 Å². The standard InChI is InChI=1S/C16H19NO/c1-12-15-5-3-2-4-13(15)6-7-16(12)18-14-8-10-17-11-9-14/h2-7,14,17H,8-11H2,1H3. The SMILES string of the molecule is Cc1c(OC2CCNCC2)ccc2ccccc12. The number of nitrogens with one attached hydrogen (secondary N) is 1. The molecule has 0 spiro atoms. The Kier molecular flexibility index (Phi) is 3.20. The average molecular weight is 241 g/mol. The van der Waals surface area contributed by atoms with E-state index in [2.05, 4.69) is 48.6 Å². The van der Waals surface area contributed by atoms with Crippen LogP contribution in [-0.4, -0.2) is 19.2 Å². The molecule has 1 aliphatic heterocycles. The van der Waals surface area contributed by atoms with Crippen molar-refractivity contribution in [2.24, 2.45) is 0 Å². The summed E-state index contributed by atoms with van der Waals surface area (Å²) in [5.41, 5.74) is 1.26. The van der Waals surface area contributed by atoms with E-state index in [-0.39, 0.29) is 0 Å². The van der Waals surface area contributed by atoms with E-state index in [4.69, 9.17) is 4.74 Å². The van der Waals surface area contributed by atoms with Crippen LogP contribution in [0.15, 0.2) is 36.4 Å². The fourth-order valence-electron chi connectivity index (χ4n) is 2.63. The second-order valence-corrected chi connectivity index (χ2v) is 4.98. The average Bonchev–Trinajstić information content (AvgIpc) is 2.43. The maximum atomic E-state index is 6.15. The van der Waals surface area contributed by atoms with Crippen LogP contribution in [0.2, 0.25) is 0 Å². The highest BCUT2D eigenvalue weighted by Gasteiger charge is 2.15. The van der Waals surface area contributed by atoms with Crippen LogP contribution >= 0.6 is 0 Å². The lowest BCUT2D eigenvalue weighted by molar-refractivity contribution is 0.161. The van der Waals surface area contributed by atoms with Crippen LogP contribution in [0.1, 0.15) is 18.4 Å². The number of aryl methyl sites for hydroxylation is 1. The van der Waals surface area contributed by atoms with Crippen molar-refractivity contribution >= 4 is 10.8 Å². The van der Waals surface area contributed by atoms with Gasteiger partial charge in [0.2, 0.25) is 0 Å². The molecule has 0 saturated carbocycles. The minimum absolute atomic E-state index is 0.367. The molecule has 3 rings (SSSR count). The molecule has 2 aromatic carbocycles. The van der Waals surface area contributed by atoms with Crippen molar-refractivity contribution in [2.45, 2.75) is 25.9 Å². The molecule has 94 valence electrons. The zero-order valence-electron chi connectivity index (χ0n) is 10.8. The second kappa shape index (κ2) is 4.99. The van der Waals surface area contributed by atoms with Gasteiger partial charge in [0.05, 0.1) is 0 Å². The topological polar surface area (TPSA) is 21.3 Å². The summed E-state index contributed by atoms with van der Waals surface area (Å²) in [4.78, 5) is 0.